The van der Waals surface area contributed by atoms with E-state index in [4.69, 9.17) is 0 Å². The molecule has 0 radical (unpaired) electrons. The third-order valence-electron chi connectivity index (χ3n) is 2.36. The Kier molecular flexibility index (Phi) is 3.06. The number of hydrogen-bond acceptors (Lipinski definition) is 2. The molecule has 0 aromatic rings. The van der Waals surface area contributed by atoms with Gasteiger partial charge in [0.25, 0.3) is 0 Å². The van der Waals surface area contributed by atoms with Crippen molar-refractivity contribution in [1.82, 2.24) is 4.90 Å². The highest BCUT2D eigenvalue weighted by atomic mass is 16.1. The average Bonchev–Trinajstić information content (AvgIpc) is 2.31. The highest BCUT2D eigenvalue weighted by Crippen LogP contribution is 2.23. The Bertz CT molecular complexity index is 142. The second-order valence-corrected chi connectivity index (χ2v) is 3.65. The fourth-order valence-electron chi connectivity index (χ4n) is 1.61. The summed E-state index contributed by atoms with van der Waals surface area (Å²) in [5.74, 6) is 0.879. The average molecular weight is 155 g/mol. The molecule has 2 nitrogen and oxygen atoms in total. The Morgan fingerprint density at radius 2 is 2.27 bits per heavy atom. The maximum absolute atomic E-state index is 11.2. The summed E-state index contributed by atoms with van der Waals surface area (Å²) >= 11 is 0. The van der Waals surface area contributed by atoms with Crippen molar-refractivity contribution in [1.29, 1.82) is 0 Å². The van der Waals surface area contributed by atoms with Gasteiger partial charge in [0, 0.05) is 12.3 Å². The van der Waals surface area contributed by atoms with Gasteiger partial charge in [-0.25, -0.2) is 0 Å². The normalized spacial score (nSPS) is 25.0. The summed E-state index contributed by atoms with van der Waals surface area (Å²) < 4.78 is 0. The van der Waals surface area contributed by atoms with E-state index in [1.165, 1.54) is 0 Å². The Hall–Kier alpha value is -0.370. The standard InChI is InChI=1S/C9H17NO/c1-10(2)7-6-8-4-3-5-9(8)11/h8H,3-7H2,1-2H3. The number of nitrogens with zero attached hydrogens (tertiary/aromatic N) is 1. The van der Waals surface area contributed by atoms with Crippen LogP contribution in [-0.2, 0) is 4.79 Å². The summed E-state index contributed by atoms with van der Waals surface area (Å²) in [5, 5.41) is 0. The SMILES string of the molecule is CN(C)CCC1CCCC1=O. The van der Waals surface area contributed by atoms with E-state index in [0.29, 0.717) is 11.7 Å². The predicted molar refractivity (Wildman–Crippen MR) is 45.5 cm³/mol. The molecule has 11 heavy (non-hydrogen) atoms. The fourth-order valence-corrected chi connectivity index (χ4v) is 1.61. The van der Waals surface area contributed by atoms with E-state index in [1.54, 1.807) is 0 Å². The van der Waals surface area contributed by atoms with Gasteiger partial charge in [0.1, 0.15) is 5.78 Å². The van der Waals surface area contributed by atoms with Crippen LogP contribution in [0.15, 0.2) is 0 Å². The molecule has 2 heteroatoms. The smallest absolute Gasteiger partial charge is 0.136 e. The number of rotatable bonds is 3. The molecule has 0 spiro atoms. The molecule has 1 fully saturated rings. The van der Waals surface area contributed by atoms with Crippen molar-refractivity contribution in [2.24, 2.45) is 5.92 Å². The maximum atomic E-state index is 11.2. The highest BCUT2D eigenvalue weighted by Gasteiger charge is 2.23. The zero-order chi connectivity index (χ0) is 8.27. The second kappa shape index (κ2) is 3.86. The van der Waals surface area contributed by atoms with Crippen molar-refractivity contribution in [2.75, 3.05) is 20.6 Å². The van der Waals surface area contributed by atoms with Crippen LogP contribution in [0.3, 0.4) is 0 Å². The van der Waals surface area contributed by atoms with Crippen LogP contribution in [0.25, 0.3) is 0 Å². The summed E-state index contributed by atoms with van der Waals surface area (Å²) in [5.41, 5.74) is 0. The fraction of sp³-hybridized carbons (Fsp3) is 0.889. The van der Waals surface area contributed by atoms with Gasteiger partial charge in [-0.1, -0.05) is 0 Å². The van der Waals surface area contributed by atoms with E-state index in [0.717, 1.165) is 32.2 Å². The lowest BCUT2D eigenvalue weighted by Gasteiger charge is -2.12. The van der Waals surface area contributed by atoms with Gasteiger partial charge in [-0.2, -0.15) is 0 Å². The van der Waals surface area contributed by atoms with Crippen LogP contribution in [0.1, 0.15) is 25.7 Å². The van der Waals surface area contributed by atoms with Crippen molar-refractivity contribution in [3.63, 3.8) is 0 Å². The molecule has 64 valence electrons. The van der Waals surface area contributed by atoms with Crippen molar-refractivity contribution < 1.29 is 4.79 Å². The number of Topliss-reactive ketones (excluding diaryl/α,β-unsaturated/α-hetero) is 1. The van der Waals surface area contributed by atoms with Crippen molar-refractivity contribution in [2.45, 2.75) is 25.7 Å². The van der Waals surface area contributed by atoms with Gasteiger partial charge in [0.05, 0.1) is 0 Å². The topological polar surface area (TPSA) is 20.3 Å². The Morgan fingerprint density at radius 3 is 2.73 bits per heavy atom. The lowest BCUT2D eigenvalue weighted by atomic mass is 10.0. The van der Waals surface area contributed by atoms with Gasteiger partial charge in [0.2, 0.25) is 0 Å². The third-order valence-corrected chi connectivity index (χ3v) is 2.36. The molecule has 1 unspecified atom stereocenters. The molecule has 1 atom stereocenters. The molecular weight excluding hydrogens is 138 g/mol. The molecule has 0 amide bonds. The van der Waals surface area contributed by atoms with E-state index in [-0.39, 0.29) is 0 Å². The van der Waals surface area contributed by atoms with Crippen LogP contribution >= 0.6 is 0 Å². The van der Waals surface area contributed by atoms with Crippen LogP contribution in [0.5, 0.6) is 0 Å². The number of ketones is 1. The molecule has 1 aliphatic carbocycles. The number of carbonyl (C=O) groups excluding carboxylic acids is 1. The number of hydrogen-bond donors (Lipinski definition) is 0. The van der Waals surface area contributed by atoms with Crippen LogP contribution in [0.4, 0.5) is 0 Å². The lowest BCUT2D eigenvalue weighted by Crippen LogP contribution is -2.18. The Labute approximate surface area is 68.6 Å². The quantitative estimate of drug-likeness (QED) is 0.612. The van der Waals surface area contributed by atoms with Crippen molar-refractivity contribution in [3.8, 4) is 0 Å². The summed E-state index contributed by atoms with van der Waals surface area (Å²) in [4.78, 5) is 13.3. The zero-order valence-electron chi connectivity index (χ0n) is 7.47. The molecule has 1 aliphatic rings. The molecule has 0 aromatic heterocycles. The van der Waals surface area contributed by atoms with E-state index in [9.17, 15) is 4.79 Å². The van der Waals surface area contributed by atoms with Gasteiger partial charge in [-0.15, -0.1) is 0 Å². The van der Waals surface area contributed by atoms with E-state index < -0.39 is 0 Å². The minimum Gasteiger partial charge on any atom is -0.309 e. The molecule has 0 N–H and O–H groups in total. The minimum atomic E-state index is 0.386. The molecule has 0 heterocycles. The molecule has 0 bridgehead atoms. The third kappa shape index (κ3) is 2.62. The summed E-state index contributed by atoms with van der Waals surface area (Å²) in [6, 6.07) is 0. The summed E-state index contributed by atoms with van der Waals surface area (Å²) in [6.07, 6.45) is 4.15. The van der Waals surface area contributed by atoms with Gasteiger partial charge in [-0.05, 0) is 39.9 Å². The first kappa shape index (κ1) is 8.72. The Morgan fingerprint density at radius 1 is 1.55 bits per heavy atom. The van der Waals surface area contributed by atoms with E-state index in [1.807, 2.05) is 0 Å². The van der Waals surface area contributed by atoms with Crippen LogP contribution in [-0.4, -0.2) is 31.3 Å². The molecule has 0 saturated heterocycles. The summed E-state index contributed by atoms with van der Waals surface area (Å²) in [6.45, 7) is 1.05. The predicted octanol–water partition coefficient (Wildman–Crippen LogP) is 1.31. The molecule has 0 aliphatic heterocycles. The van der Waals surface area contributed by atoms with Gasteiger partial charge in [-0.3, -0.25) is 4.79 Å². The number of carbonyl (C=O) groups is 1. The Balaban J connectivity index is 2.20. The first-order valence-corrected chi connectivity index (χ1v) is 4.37. The van der Waals surface area contributed by atoms with Crippen molar-refractivity contribution in [3.05, 3.63) is 0 Å². The molecular formula is C9H17NO. The largest absolute Gasteiger partial charge is 0.309 e. The van der Waals surface area contributed by atoms with Gasteiger partial charge < -0.3 is 4.90 Å². The molecule has 1 rings (SSSR count). The van der Waals surface area contributed by atoms with Crippen molar-refractivity contribution >= 4 is 5.78 Å². The second-order valence-electron chi connectivity index (χ2n) is 3.65. The van der Waals surface area contributed by atoms with Crippen LogP contribution in [0.2, 0.25) is 0 Å². The minimum absolute atomic E-state index is 0.386. The first-order valence-electron chi connectivity index (χ1n) is 4.37. The van der Waals surface area contributed by atoms with Crippen LogP contribution in [0, 0.1) is 5.92 Å². The monoisotopic (exact) mass is 155 g/mol. The van der Waals surface area contributed by atoms with E-state index >= 15 is 0 Å². The zero-order valence-corrected chi connectivity index (χ0v) is 7.47. The van der Waals surface area contributed by atoms with Gasteiger partial charge in [0.15, 0.2) is 0 Å². The first-order chi connectivity index (χ1) is 5.20. The van der Waals surface area contributed by atoms with Crippen LogP contribution < -0.4 is 0 Å². The van der Waals surface area contributed by atoms with E-state index in [2.05, 4.69) is 19.0 Å². The highest BCUT2D eigenvalue weighted by molar-refractivity contribution is 5.82. The summed E-state index contributed by atoms with van der Waals surface area (Å²) in [7, 11) is 4.11. The molecule has 1 saturated carbocycles. The van der Waals surface area contributed by atoms with Gasteiger partial charge >= 0.3 is 0 Å². The maximum Gasteiger partial charge on any atom is 0.136 e. The lowest BCUT2D eigenvalue weighted by molar-refractivity contribution is -0.120. The molecule has 0 aromatic carbocycles.